The van der Waals surface area contributed by atoms with E-state index in [1.54, 1.807) is 30.1 Å². The summed E-state index contributed by atoms with van der Waals surface area (Å²) in [6, 6.07) is 7.18. The van der Waals surface area contributed by atoms with Gasteiger partial charge < -0.3 is 15.4 Å². The molecule has 1 aromatic carbocycles. The maximum absolute atomic E-state index is 12.0. The van der Waals surface area contributed by atoms with E-state index in [1.165, 1.54) is 0 Å². The van der Waals surface area contributed by atoms with Crippen molar-refractivity contribution in [2.24, 2.45) is 7.05 Å². The lowest BCUT2D eigenvalue weighted by atomic mass is 10.1. The molecule has 1 unspecified atom stereocenters. The van der Waals surface area contributed by atoms with Crippen LogP contribution in [0.1, 0.15) is 12.0 Å². The monoisotopic (exact) mass is 300 g/mol. The van der Waals surface area contributed by atoms with E-state index in [-0.39, 0.29) is 18.2 Å². The molecule has 22 heavy (non-hydrogen) atoms. The van der Waals surface area contributed by atoms with Crippen LogP contribution >= 0.6 is 0 Å². The first kappa shape index (κ1) is 14.1. The highest BCUT2D eigenvalue weighted by Gasteiger charge is 2.29. The average molecular weight is 300 g/mol. The Morgan fingerprint density at radius 3 is 3.00 bits per heavy atom. The summed E-state index contributed by atoms with van der Waals surface area (Å²) < 4.78 is 7.20. The lowest BCUT2D eigenvalue weighted by Gasteiger charge is -2.25. The largest absolute Gasteiger partial charge is 0.478 e. The number of aryl methyl sites for hydroxylation is 2. The van der Waals surface area contributed by atoms with Crippen LogP contribution in [0.4, 0.5) is 11.5 Å². The third-order valence-electron chi connectivity index (χ3n) is 3.31. The number of hydrogen-bond acceptors (Lipinski definition) is 4. The molecule has 0 spiro atoms. The van der Waals surface area contributed by atoms with Crippen LogP contribution in [0.25, 0.3) is 0 Å². The number of carbonyl (C=O) groups excluding carboxylic acids is 2. The number of nitrogens with one attached hydrogen (secondary N) is 2. The van der Waals surface area contributed by atoms with Gasteiger partial charge in [-0.15, -0.1) is 0 Å². The van der Waals surface area contributed by atoms with Gasteiger partial charge in [0.2, 0.25) is 5.91 Å². The highest BCUT2D eigenvalue weighted by Crippen LogP contribution is 2.31. The molecule has 0 radical (unpaired) electrons. The number of anilines is 2. The minimum Gasteiger partial charge on any atom is -0.478 e. The Morgan fingerprint density at radius 1 is 1.45 bits per heavy atom. The summed E-state index contributed by atoms with van der Waals surface area (Å²) in [6.45, 7) is 1.93. The SMILES string of the molecule is Cc1ccc2c(c1)NC(=O)C(CC(=O)Nc1ccn(C)n1)O2. The van der Waals surface area contributed by atoms with Gasteiger partial charge in [-0.1, -0.05) is 6.07 Å². The third kappa shape index (κ3) is 2.93. The molecule has 0 fully saturated rings. The lowest BCUT2D eigenvalue weighted by molar-refractivity contribution is -0.128. The van der Waals surface area contributed by atoms with E-state index < -0.39 is 6.10 Å². The second-order valence-electron chi connectivity index (χ2n) is 5.22. The fourth-order valence-electron chi connectivity index (χ4n) is 2.24. The molecule has 7 heteroatoms. The van der Waals surface area contributed by atoms with Gasteiger partial charge in [-0.25, -0.2) is 0 Å². The van der Waals surface area contributed by atoms with Crippen molar-refractivity contribution in [3.8, 4) is 5.75 Å². The lowest BCUT2D eigenvalue weighted by Crippen LogP contribution is -2.39. The molecule has 3 rings (SSSR count). The summed E-state index contributed by atoms with van der Waals surface area (Å²) in [6.07, 6.45) is 0.798. The highest BCUT2D eigenvalue weighted by molar-refractivity contribution is 6.01. The number of rotatable bonds is 3. The van der Waals surface area contributed by atoms with E-state index in [0.29, 0.717) is 17.3 Å². The molecule has 0 saturated carbocycles. The Hall–Kier alpha value is -2.83. The van der Waals surface area contributed by atoms with Crippen LogP contribution in [0.15, 0.2) is 30.5 Å². The molecule has 2 aromatic rings. The number of aromatic nitrogens is 2. The number of fused-ring (bicyclic) bond motifs is 1. The summed E-state index contributed by atoms with van der Waals surface area (Å²) in [7, 11) is 1.76. The molecule has 7 nitrogen and oxygen atoms in total. The number of amides is 2. The quantitative estimate of drug-likeness (QED) is 0.898. The molecular weight excluding hydrogens is 284 g/mol. The number of carbonyl (C=O) groups is 2. The molecule has 1 atom stereocenters. The number of ether oxygens (including phenoxy) is 1. The molecule has 0 aliphatic carbocycles. The van der Waals surface area contributed by atoms with Gasteiger partial charge >= 0.3 is 0 Å². The van der Waals surface area contributed by atoms with Crippen LogP contribution in [0.5, 0.6) is 5.75 Å². The summed E-state index contributed by atoms with van der Waals surface area (Å²) >= 11 is 0. The van der Waals surface area contributed by atoms with E-state index in [9.17, 15) is 9.59 Å². The van der Waals surface area contributed by atoms with Crippen LogP contribution in [0.2, 0.25) is 0 Å². The Labute approximate surface area is 127 Å². The maximum atomic E-state index is 12.0. The Bertz CT molecular complexity index is 738. The van der Waals surface area contributed by atoms with Crippen molar-refractivity contribution in [3.63, 3.8) is 0 Å². The van der Waals surface area contributed by atoms with Crippen LogP contribution in [0.3, 0.4) is 0 Å². The first-order chi connectivity index (χ1) is 10.5. The molecule has 2 heterocycles. The minimum absolute atomic E-state index is 0.0737. The van der Waals surface area contributed by atoms with Crippen molar-refractivity contribution in [3.05, 3.63) is 36.0 Å². The van der Waals surface area contributed by atoms with Crippen LogP contribution in [0, 0.1) is 6.92 Å². The zero-order valence-corrected chi connectivity index (χ0v) is 12.3. The molecule has 0 bridgehead atoms. The Kier molecular flexibility index (Phi) is 3.54. The molecule has 1 aliphatic heterocycles. The van der Waals surface area contributed by atoms with Crippen LogP contribution in [-0.2, 0) is 16.6 Å². The fraction of sp³-hybridized carbons (Fsp3) is 0.267. The molecule has 114 valence electrons. The smallest absolute Gasteiger partial charge is 0.266 e. The summed E-state index contributed by atoms with van der Waals surface area (Å²) in [5.41, 5.74) is 1.65. The highest BCUT2D eigenvalue weighted by atomic mass is 16.5. The van der Waals surface area contributed by atoms with Crippen molar-refractivity contribution in [2.45, 2.75) is 19.4 Å². The maximum Gasteiger partial charge on any atom is 0.266 e. The first-order valence-electron chi connectivity index (χ1n) is 6.89. The van der Waals surface area contributed by atoms with Gasteiger partial charge in [-0.2, -0.15) is 5.10 Å². The zero-order valence-electron chi connectivity index (χ0n) is 12.3. The topological polar surface area (TPSA) is 85.3 Å². The van der Waals surface area contributed by atoms with E-state index in [4.69, 9.17) is 4.74 Å². The third-order valence-corrected chi connectivity index (χ3v) is 3.31. The molecule has 2 N–H and O–H groups in total. The van der Waals surface area contributed by atoms with Crippen LogP contribution < -0.4 is 15.4 Å². The molecule has 1 aromatic heterocycles. The van der Waals surface area contributed by atoms with E-state index in [1.807, 2.05) is 19.1 Å². The number of hydrogen-bond donors (Lipinski definition) is 2. The average Bonchev–Trinajstić information content (AvgIpc) is 2.85. The van der Waals surface area contributed by atoms with E-state index in [2.05, 4.69) is 15.7 Å². The van der Waals surface area contributed by atoms with Gasteiger partial charge in [0.15, 0.2) is 11.9 Å². The van der Waals surface area contributed by atoms with Crippen molar-refractivity contribution in [1.29, 1.82) is 0 Å². The zero-order chi connectivity index (χ0) is 15.7. The predicted octanol–water partition coefficient (Wildman–Crippen LogP) is 1.46. The second kappa shape index (κ2) is 5.51. The summed E-state index contributed by atoms with van der Waals surface area (Å²) in [4.78, 5) is 24.0. The number of nitrogens with zero attached hydrogens (tertiary/aromatic N) is 2. The van der Waals surface area contributed by atoms with Crippen molar-refractivity contribution in [2.75, 3.05) is 10.6 Å². The molecule has 0 saturated heterocycles. The van der Waals surface area contributed by atoms with Gasteiger partial charge in [0.1, 0.15) is 5.75 Å². The second-order valence-corrected chi connectivity index (χ2v) is 5.22. The summed E-state index contributed by atoms with van der Waals surface area (Å²) in [5.74, 6) is 0.365. The van der Waals surface area contributed by atoms with Gasteiger partial charge in [-0.05, 0) is 24.6 Å². The van der Waals surface area contributed by atoms with Gasteiger partial charge in [0.25, 0.3) is 5.91 Å². The van der Waals surface area contributed by atoms with Crippen molar-refractivity contribution in [1.82, 2.24) is 9.78 Å². The fourth-order valence-corrected chi connectivity index (χ4v) is 2.24. The van der Waals surface area contributed by atoms with Crippen LogP contribution in [-0.4, -0.2) is 27.7 Å². The van der Waals surface area contributed by atoms with Crippen molar-refractivity contribution >= 4 is 23.3 Å². The normalized spacial score (nSPS) is 16.5. The number of benzene rings is 1. The summed E-state index contributed by atoms with van der Waals surface area (Å²) in [5, 5.41) is 9.45. The standard InChI is InChI=1S/C15H16N4O3/c1-9-3-4-11-10(7-9)16-15(21)12(22-11)8-14(20)17-13-5-6-19(2)18-13/h3-7,12H,8H2,1-2H3,(H,16,21)(H,17,18,20). The van der Waals surface area contributed by atoms with Crippen molar-refractivity contribution < 1.29 is 14.3 Å². The molecule has 2 amide bonds. The van der Waals surface area contributed by atoms with E-state index >= 15 is 0 Å². The van der Waals surface area contributed by atoms with E-state index in [0.717, 1.165) is 5.56 Å². The Balaban J connectivity index is 1.66. The van der Waals surface area contributed by atoms with Gasteiger partial charge in [0, 0.05) is 19.3 Å². The molecule has 1 aliphatic rings. The van der Waals surface area contributed by atoms with Gasteiger partial charge in [-0.3, -0.25) is 14.3 Å². The van der Waals surface area contributed by atoms with Gasteiger partial charge in [0.05, 0.1) is 12.1 Å². The predicted molar refractivity (Wildman–Crippen MR) is 80.7 cm³/mol. The molecular formula is C15H16N4O3. The first-order valence-corrected chi connectivity index (χ1v) is 6.89. The Morgan fingerprint density at radius 2 is 2.27 bits per heavy atom. The minimum atomic E-state index is -0.848.